The van der Waals surface area contributed by atoms with E-state index in [2.05, 4.69) is 71.9 Å². The van der Waals surface area contributed by atoms with Crippen molar-refractivity contribution in [3.8, 4) is 39.9 Å². The molecule has 2 fully saturated rings. The lowest BCUT2D eigenvalue weighted by Gasteiger charge is -2.27. The number of nitrogens with one attached hydrogen (secondary N) is 2. The average molecular weight is 1510 g/mol. The van der Waals surface area contributed by atoms with Gasteiger partial charge in [0.15, 0.2) is 11.0 Å². The summed E-state index contributed by atoms with van der Waals surface area (Å²) >= 11 is 3.42. The van der Waals surface area contributed by atoms with E-state index in [1.807, 2.05) is 84.9 Å². The molecule has 108 heavy (non-hydrogen) atoms. The number of para-hydroxylation sites is 2. The van der Waals surface area contributed by atoms with Gasteiger partial charge in [-0.05, 0) is 217 Å². The van der Waals surface area contributed by atoms with E-state index in [1.165, 1.54) is 6.08 Å². The van der Waals surface area contributed by atoms with Gasteiger partial charge in [0.1, 0.15) is 34.5 Å². The van der Waals surface area contributed by atoms with E-state index in [1.54, 1.807) is 60.2 Å². The molecule has 6 aromatic carbocycles. The fraction of sp³-hybridized carbons (Fsp3) is 0.448. The van der Waals surface area contributed by atoms with Gasteiger partial charge in [0.2, 0.25) is 0 Å². The van der Waals surface area contributed by atoms with E-state index in [-0.39, 0.29) is 46.5 Å². The molecule has 0 spiro atoms. The van der Waals surface area contributed by atoms with Crippen molar-refractivity contribution in [2.45, 2.75) is 195 Å². The highest BCUT2D eigenvalue weighted by Gasteiger charge is 2.35. The van der Waals surface area contributed by atoms with Crippen LogP contribution in [0.25, 0.3) is 11.1 Å². The van der Waals surface area contributed by atoms with Gasteiger partial charge in [0, 0.05) is 58.5 Å². The smallest absolute Gasteiger partial charge is 0.330 e. The number of unbranched alkanes of at least 4 members (excludes halogenated alkanes) is 12. The molecule has 2 aliphatic heterocycles. The number of Topliss-reactive ketones (excluding diaryl/α,β-unsaturated/α-hetero) is 1. The minimum Gasteiger partial charge on any atom is -0.494 e. The number of hydrogen-bond acceptors (Lipinski definition) is 21. The van der Waals surface area contributed by atoms with E-state index >= 15 is 0 Å². The normalized spacial score (nSPS) is 17.8. The molecular weight excluding hydrogens is 1400 g/mol. The molecule has 0 bridgehead atoms. The molecule has 2 heterocycles. The Kier molecular flexibility index (Phi) is 32.8. The van der Waals surface area contributed by atoms with Crippen molar-refractivity contribution in [3.05, 3.63) is 175 Å². The highest BCUT2D eigenvalue weighted by atomic mass is 32.2. The van der Waals surface area contributed by atoms with E-state index in [0.29, 0.717) is 131 Å². The number of rotatable bonds is 44. The number of carbonyl (C=O) groups excluding carboxylic acids is 6. The topological polar surface area (TPSA) is 222 Å². The van der Waals surface area contributed by atoms with Crippen LogP contribution >= 0.6 is 23.5 Å². The molecule has 574 valence electrons. The number of nitrogens with zero attached hydrogens (tertiary/aromatic N) is 4. The minimum absolute atomic E-state index is 0.158. The Labute approximate surface area is 645 Å². The summed E-state index contributed by atoms with van der Waals surface area (Å²) in [7, 11) is 0. The number of fused-ring (bicyclic) bond motifs is 2. The number of ether oxygens (including phenoxy) is 7. The lowest BCUT2D eigenvalue weighted by molar-refractivity contribution is -0.145. The lowest BCUT2D eigenvalue weighted by atomic mass is 9.79. The van der Waals surface area contributed by atoms with Crippen LogP contribution in [0.5, 0.6) is 28.7 Å². The maximum atomic E-state index is 14.5. The van der Waals surface area contributed by atoms with Crippen molar-refractivity contribution in [2.75, 3.05) is 50.2 Å². The summed E-state index contributed by atoms with van der Waals surface area (Å²) < 4.78 is 40.7. The fourth-order valence-corrected chi connectivity index (χ4v) is 15.9. The first-order chi connectivity index (χ1) is 52.8. The second-order valence-electron chi connectivity index (χ2n) is 28.1. The third-order valence-electron chi connectivity index (χ3n) is 20.0. The first kappa shape index (κ1) is 81.2. The molecule has 2 unspecified atom stereocenters. The van der Waals surface area contributed by atoms with Crippen molar-refractivity contribution < 1.29 is 61.9 Å². The van der Waals surface area contributed by atoms with Crippen LogP contribution in [0, 0.1) is 23.7 Å². The molecule has 0 saturated heterocycles. The van der Waals surface area contributed by atoms with Crippen LogP contribution in [0.15, 0.2) is 179 Å². The summed E-state index contributed by atoms with van der Waals surface area (Å²) in [6, 6.07) is 42.7. The lowest BCUT2D eigenvalue weighted by Crippen LogP contribution is -2.33. The molecule has 10 rings (SSSR count). The molecule has 21 heteroatoms. The number of thioether (sulfide) groups is 2. The Morgan fingerprint density at radius 2 is 0.833 bits per heavy atom. The molecule has 4 aliphatic rings. The molecule has 19 nitrogen and oxygen atoms in total. The summed E-state index contributed by atoms with van der Waals surface area (Å²) in [4.78, 5) is 81.2. The average Bonchev–Trinajstić information content (AvgIpc) is 1.34. The van der Waals surface area contributed by atoms with Gasteiger partial charge in [0.05, 0.1) is 68.0 Å². The van der Waals surface area contributed by atoms with Crippen LogP contribution < -0.4 is 34.3 Å². The maximum Gasteiger partial charge on any atom is 0.330 e. The number of anilines is 2. The van der Waals surface area contributed by atoms with Gasteiger partial charge in [-0.1, -0.05) is 138 Å². The summed E-state index contributed by atoms with van der Waals surface area (Å²) in [6.45, 7) is 14.5. The van der Waals surface area contributed by atoms with Gasteiger partial charge in [0.25, 0.3) is 0 Å². The Bertz CT molecular complexity index is 3680. The molecule has 0 aromatic heterocycles. The van der Waals surface area contributed by atoms with Crippen LogP contribution in [-0.4, -0.2) is 109 Å². The monoisotopic (exact) mass is 1510 g/mol. The number of esters is 5. The molecule has 0 radical (unpaired) electrons. The minimum atomic E-state index is -0.454. The Morgan fingerprint density at radius 3 is 1.26 bits per heavy atom. The van der Waals surface area contributed by atoms with Crippen molar-refractivity contribution in [2.24, 2.45) is 33.9 Å². The summed E-state index contributed by atoms with van der Waals surface area (Å²) in [5, 5.41) is 22.0. The summed E-state index contributed by atoms with van der Waals surface area (Å²) in [6.07, 6.45) is 25.6. The third-order valence-corrected chi connectivity index (χ3v) is 22.4. The Balaban J connectivity index is 0.833. The number of ketones is 1. The zero-order valence-electron chi connectivity index (χ0n) is 62.7. The van der Waals surface area contributed by atoms with Crippen LogP contribution in [0.1, 0.15) is 185 Å². The molecule has 6 aromatic rings. The third kappa shape index (κ3) is 25.4. The fourth-order valence-electron chi connectivity index (χ4n) is 13.6. The number of hydrogen-bond donors (Lipinski definition) is 2. The molecule has 2 aliphatic carbocycles. The summed E-state index contributed by atoms with van der Waals surface area (Å²) in [5.41, 5.74) is 5.43. The molecule has 2 atom stereocenters. The quantitative estimate of drug-likeness (QED) is 0.00906. The van der Waals surface area contributed by atoms with Crippen LogP contribution in [0.2, 0.25) is 0 Å². The van der Waals surface area contributed by atoms with Gasteiger partial charge in [-0.25, -0.2) is 9.59 Å². The standard InChI is InChI=1S/C87H106N6O13S2/c1-5-9-11-21-51-92(86-90-74-27-17-19-29-79(74)107-86)88-60-69-58-67(41-49-77(69)105-84(98)65-35-33-63(34-36-65)76(94)57-62-31-43-71(44-32-62)100-53-23-13-15-25-55-102-81(95)7-3)68-42-50-78(70(59-68)61-89-93(52-22-12-10-6-2)87-91-75-28-18-20-30-80(75)108-87)106-85(99)66-39-37-64(38-40-66)83(97)104-73-47-45-72(46-48-73)101-54-24-14-16-26-56-103-82(96)8-4/h7-8,17-20,27-32,41-50,58-61,63-66,86-87,90-91H,3-6,9-16,21-26,33-40,51-57H2,1-2H3/b88-60+,89-61+. The largest absolute Gasteiger partial charge is 0.494 e. The van der Waals surface area contributed by atoms with Crippen molar-refractivity contribution >= 4 is 83.0 Å². The van der Waals surface area contributed by atoms with Gasteiger partial charge in [-0.15, -0.1) is 0 Å². The van der Waals surface area contributed by atoms with E-state index in [4.69, 9.17) is 43.4 Å². The van der Waals surface area contributed by atoms with E-state index in [9.17, 15) is 28.8 Å². The number of hydrazone groups is 2. The molecule has 0 amide bonds. The molecular formula is C87H106N6O13S2. The highest BCUT2D eigenvalue weighted by molar-refractivity contribution is 8.00. The number of benzene rings is 6. The zero-order chi connectivity index (χ0) is 75.7. The number of carbonyl (C=O) groups is 6. The molecule has 2 saturated carbocycles. The van der Waals surface area contributed by atoms with Gasteiger partial charge in [-0.3, -0.25) is 29.2 Å². The SMILES string of the molecule is C=CC(=O)OCCCCCCOc1ccc(CC(=O)C2CCC(C(=O)Oc3ccc(-c4ccc(OC(=O)C5CCC(C(=O)Oc6ccc(OCCCCCCOC(=O)C=C)cc6)CC5)c(/C=N/N(CCCCCC)C5Nc6ccccc6S5)c4)cc3/C=N/N(CCCCCC)C3Nc4ccccc4S3)CC2)cc1. The highest BCUT2D eigenvalue weighted by Crippen LogP contribution is 2.42. The van der Waals surface area contributed by atoms with Gasteiger partial charge < -0.3 is 43.8 Å². The first-order valence-electron chi connectivity index (χ1n) is 39.0. The first-order valence-corrected chi connectivity index (χ1v) is 40.7. The van der Waals surface area contributed by atoms with Crippen LogP contribution in [0.3, 0.4) is 0 Å². The van der Waals surface area contributed by atoms with Crippen molar-refractivity contribution in [1.29, 1.82) is 0 Å². The van der Waals surface area contributed by atoms with E-state index < -0.39 is 23.8 Å². The molecule has 2 N–H and O–H groups in total. The van der Waals surface area contributed by atoms with Crippen LogP contribution in [-0.2, 0) is 44.7 Å². The predicted molar refractivity (Wildman–Crippen MR) is 428 cm³/mol. The maximum absolute atomic E-state index is 14.5. The second kappa shape index (κ2) is 43.6. The summed E-state index contributed by atoms with van der Waals surface area (Å²) in [5.74, 6) is -0.586. The van der Waals surface area contributed by atoms with Gasteiger partial charge >= 0.3 is 29.8 Å². The van der Waals surface area contributed by atoms with E-state index in [0.717, 1.165) is 152 Å². The van der Waals surface area contributed by atoms with Crippen LogP contribution in [0.4, 0.5) is 11.4 Å². The zero-order valence-corrected chi connectivity index (χ0v) is 64.4. The van der Waals surface area contributed by atoms with Crippen molar-refractivity contribution in [3.63, 3.8) is 0 Å². The Morgan fingerprint density at radius 1 is 0.444 bits per heavy atom. The predicted octanol–water partition coefficient (Wildman–Crippen LogP) is 19.0. The van der Waals surface area contributed by atoms with Gasteiger partial charge in [-0.2, -0.15) is 10.2 Å². The van der Waals surface area contributed by atoms with Crippen molar-refractivity contribution in [1.82, 2.24) is 10.0 Å². The Hall–Kier alpha value is -9.34. The second-order valence-corrected chi connectivity index (χ2v) is 30.3.